The van der Waals surface area contributed by atoms with E-state index in [1.54, 1.807) is 6.92 Å². The van der Waals surface area contributed by atoms with Crippen molar-refractivity contribution in [3.8, 4) is 0 Å². The van der Waals surface area contributed by atoms with E-state index >= 15 is 0 Å². The molecule has 2 rings (SSSR count). The van der Waals surface area contributed by atoms with Gasteiger partial charge in [-0.25, -0.2) is 0 Å². The molecule has 0 amide bonds. The molecule has 0 saturated heterocycles. The van der Waals surface area contributed by atoms with Gasteiger partial charge in [0.15, 0.2) is 0 Å². The molecule has 1 atom stereocenters. The van der Waals surface area contributed by atoms with Crippen LogP contribution in [0, 0.1) is 6.42 Å². The molecule has 0 aliphatic carbocycles. The smallest absolute Gasteiger partial charge is 0.0587 e. The summed E-state index contributed by atoms with van der Waals surface area (Å²) in [5.41, 5.74) is 1.10. The predicted octanol–water partition coefficient (Wildman–Crippen LogP) is 2.77. The van der Waals surface area contributed by atoms with Gasteiger partial charge >= 0.3 is 0 Å². The highest BCUT2D eigenvalue weighted by molar-refractivity contribution is 5.86. The summed E-state index contributed by atoms with van der Waals surface area (Å²) >= 11 is 0. The number of fused-ring (bicyclic) bond motifs is 1. The van der Waals surface area contributed by atoms with Crippen LogP contribution in [-0.4, -0.2) is 11.2 Å². The quantitative estimate of drug-likeness (QED) is 0.762. The van der Waals surface area contributed by atoms with Gasteiger partial charge in [0, 0.05) is 6.42 Å². The van der Waals surface area contributed by atoms with Crippen LogP contribution < -0.4 is 0 Å². The van der Waals surface area contributed by atoms with E-state index in [9.17, 15) is 5.11 Å². The fourth-order valence-corrected chi connectivity index (χ4v) is 1.66. The lowest BCUT2D eigenvalue weighted by Gasteiger charge is -2.07. The fourth-order valence-electron chi connectivity index (χ4n) is 1.66. The minimum atomic E-state index is -0.402. The number of rotatable bonds is 2. The molecule has 0 bridgehead atoms. The molecule has 1 N–H and O–H groups in total. The van der Waals surface area contributed by atoms with Gasteiger partial charge in [-0.1, -0.05) is 42.5 Å². The molecule has 2 aromatic rings. The third-order valence-electron chi connectivity index (χ3n) is 2.24. The molecule has 1 nitrogen and oxygen atoms in total. The van der Waals surface area contributed by atoms with E-state index in [-0.39, 0.29) is 0 Å². The standard InChI is InChI=1S/C13H13O/c1-10(14)9-12-7-4-6-11-5-2-3-8-13(11)12/h2-10,14H,1H3. The van der Waals surface area contributed by atoms with Gasteiger partial charge in [0.05, 0.1) is 6.10 Å². The van der Waals surface area contributed by atoms with Crippen molar-refractivity contribution < 1.29 is 5.11 Å². The van der Waals surface area contributed by atoms with E-state index in [0.29, 0.717) is 0 Å². The largest absolute Gasteiger partial charge is 0.393 e. The van der Waals surface area contributed by atoms with Crippen LogP contribution in [0.3, 0.4) is 0 Å². The Morgan fingerprint density at radius 2 is 1.79 bits per heavy atom. The minimum Gasteiger partial charge on any atom is -0.393 e. The van der Waals surface area contributed by atoms with Crippen molar-refractivity contribution in [3.05, 3.63) is 54.4 Å². The van der Waals surface area contributed by atoms with Gasteiger partial charge in [-0.05, 0) is 23.3 Å². The lowest BCUT2D eigenvalue weighted by atomic mass is 10.0. The lowest BCUT2D eigenvalue weighted by Crippen LogP contribution is -2.01. The number of hydrogen-bond acceptors (Lipinski definition) is 1. The minimum absolute atomic E-state index is 0.402. The lowest BCUT2D eigenvalue weighted by molar-refractivity contribution is 0.231. The molecule has 0 aromatic heterocycles. The zero-order valence-corrected chi connectivity index (χ0v) is 8.14. The summed E-state index contributed by atoms with van der Waals surface area (Å²) in [5, 5.41) is 11.7. The first-order valence-electron chi connectivity index (χ1n) is 4.78. The molecule has 1 heteroatoms. The molecule has 0 heterocycles. The van der Waals surface area contributed by atoms with Crippen LogP contribution in [0.25, 0.3) is 10.8 Å². The Balaban J connectivity index is 2.53. The predicted molar refractivity (Wildman–Crippen MR) is 59.0 cm³/mol. The van der Waals surface area contributed by atoms with E-state index in [1.807, 2.05) is 30.7 Å². The first-order chi connectivity index (χ1) is 6.77. The second-order valence-electron chi connectivity index (χ2n) is 3.48. The monoisotopic (exact) mass is 185 g/mol. The van der Waals surface area contributed by atoms with Crippen molar-refractivity contribution in [2.75, 3.05) is 0 Å². The van der Waals surface area contributed by atoms with Gasteiger partial charge in [0.25, 0.3) is 0 Å². The first kappa shape index (κ1) is 9.22. The summed E-state index contributed by atoms with van der Waals surface area (Å²) in [5.74, 6) is 0. The normalized spacial score (nSPS) is 13.0. The van der Waals surface area contributed by atoms with Gasteiger partial charge in [-0.15, -0.1) is 0 Å². The topological polar surface area (TPSA) is 20.2 Å². The number of aliphatic hydroxyl groups is 1. The maximum absolute atomic E-state index is 9.31. The molecule has 14 heavy (non-hydrogen) atoms. The van der Waals surface area contributed by atoms with Crippen molar-refractivity contribution >= 4 is 10.8 Å². The molecular formula is C13H13O. The van der Waals surface area contributed by atoms with Gasteiger partial charge in [-0.2, -0.15) is 0 Å². The Hall–Kier alpha value is -1.34. The van der Waals surface area contributed by atoms with E-state index in [1.165, 1.54) is 10.8 Å². The van der Waals surface area contributed by atoms with Crippen molar-refractivity contribution in [2.24, 2.45) is 0 Å². The molecule has 0 aliphatic rings. The number of benzene rings is 2. The van der Waals surface area contributed by atoms with Gasteiger partial charge in [0.2, 0.25) is 0 Å². The van der Waals surface area contributed by atoms with Crippen LogP contribution in [0.1, 0.15) is 12.5 Å². The number of hydrogen-bond donors (Lipinski definition) is 1. The summed E-state index contributed by atoms with van der Waals surface area (Å²) in [6.07, 6.45) is 1.46. The van der Waals surface area contributed by atoms with E-state index in [4.69, 9.17) is 0 Å². The molecule has 0 saturated carbocycles. The summed E-state index contributed by atoms with van der Waals surface area (Å²) in [4.78, 5) is 0. The fraction of sp³-hybridized carbons (Fsp3) is 0.154. The Bertz CT molecular complexity index is 427. The van der Waals surface area contributed by atoms with Gasteiger partial charge in [0.1, 0.15) is 0 Å². The van der Waals surface area contributed by atoms with Crippen LogP contribution in [0.4, 0.5) is 0 Å². The molecule has 0 aliphatic heterocycles. The maximum Gasteiger partial charge on any atom is 0.0587 e. The Labute approximate surface area is 84.0 Å². The molecule has 0 fully saturated rings. The Morgan fingerprint density at radius 3 is 2.57 bits per heavy atom. The summed E-state index contributed by atoms with van der Waals surface area (Å²) < 4.78 is 0. The first-order valence-corrected chi connectivity index (χ1v) is 4.78. The third-order valence-corrected chi connectivity index (χ3v) is 2.24. The summed E-state index contributed by atoms with van der Waals surface area (Å²) in [6.45, 7) is 1.77. The van der Waals surface area contributed by atoms with Crippen LogP contribution in [0.2, 0.25) is 0 Å². The Morgan fingerprint density at radius 1 is 1.07 bits per heavy atom. The van der Waals surface area contributed by atoms with Crippen LogP contribution in [0.15, 0.2) is 42.5 Å². The van der Waals surface area contributed by atoms with Crippen molar-refractivity contribution in [3.63, 3.8) is 0 Å². The molecule has 1 radical (unpaired) electrons. The van der Waals surface area contributed by atoms with Crippen LogP contribution in [0.5, 0.6) is 0 Å². The summed E-state index contributed by atoms with van der Waals surface area (Å²) in [7, 11) is 0. The zero-order valence-electron chi connectivity index (χ0n) is 8.14. The second-order valence-corrected chi connectivity index (χ2v) is 3.48. The summed E-state index contributed by atoms with van der Waals surface area (Å²) in [6, 6.07) is 14.3. The zero-order chi connectivity index (χ0) is 9.97. The Kier molecular flexibility index (Phi) is 2.51. The average Bonchev–Trinajstić information content (AvgIpc) is 2.18. The highest BCUT2D eigenvalue weighted by atomic mass is 16.3. The van der Waals surface area contributed by atoms with Crippen molar-refractivity contribution in [1.82, 2.24) is 0 Å². The second kappa shape index (κ2) is 3.81. The molecule has 2 aromatic carbocycles. The van der Waals surface area contributed by atoms with Gasteiger partial charge in [-0.3, -0.25) is 0 Å². The maximum atomic E-state index is 9.31. The average molecular weight is 185 g/mol. The van der Waals surface area contributed by atoms with Crippen LogP contribution in [-0.2, 0) is 0 Å². The van der Waals surface area contributed by atoms with E-state index < -0.39 is 6.10 Å². The molecule has 71 valence electrons. The van der Waals surface area contributed by atoms with E-state index in [0.717, 1.165) is 5.56 Å². The van der Waals surface area contributed by atoms with Crippen molar-refractivity contribution in [2.45, 2.75) is 13.0 Å². The molecular weight excluding hydrogens is 172 g/mol. The van der Waals surface area contributed by atoms with E-state index in [2.05, 4.69) is 18.2 Å². The molecule has 0 spiro atoms. The highest BCUT2D eigenvalue weighted by Gasteiger charge is 2.03. The van der Waals surface area contributed by atoms with Crippen molar-refractivity contribution in [1.29, 1.82) is 0 Å². The molecule has 1 unspecified atom stereocenters. The van der Waals surface area contributed by atoms with Gasteiger partial charge < -0.3 is 5.11 Å². The number of aliphatic hydroxyl groups excluding tert-OH is 1. The highest BCUT2D eigenvalue weighted by Crippen LogP contribution is 2.20. The third kappa shape index (κ3) is 1.78. The SMILES string of the molecule is CC(O)[CH]c1cccc2ccccc12. The van der Waals surface area contributed by atoms with Crippen LogP contribution >= 0.6 is 0 Å².